The molecule has 0 fully saturated rings. The van der Waals surface area contributed by atoms with Gasteiger partial charge in [-0.3, -0.25) is 4.68 Å². The summed E-state index contributed by atoms with van der Waals surface area (Å²) in [5.74, 6) is 0. The van der Waals surface area contributed by atoms with Crippen molar-refractivity contribution >= 4 is 44.6 Å². The summed E-state index contributed by atoms with van der Waals surface area (Å²) in [5, 5.41) is 6.73. The molecule has 0 bridgehead atoms. The van der Waals surface area contributed by atoms with E-state index in [4.69, 9.17) is 11.6 Å². The monoisotopic (exact) mass is 313 g/mol. The first-order chi connectivity index (χ1) is 8.02. The van der Waals surface area contributed by atoms with Crippen molar-refractivity contribution in [2.75, 3.05) is 5.33 Å². The lowest BCUT2D eigenvalue weighted by Gasteiger charge is -2.01. The second kappa shape index (κ2) is 4.78. The smallest absolute Gasteiger partial charge is 0.159 e. The number of hydrogen-bond donors (Lipinski definition) is 0. The molecular weight excluding hydrogens is 302 g/mol. The summed E-state index contributed by atoms with van der Waals surface area (Å²) in [7, 11) is 1.87. The molecule has 0 atom stereocenters. The number of halogens is 2. The van der Waals surface area contributed by atoms with Crippen molar-refractivity contribution in [3.8, 4) is 0 Å². The molecular formula is C12H13BrClN3. The van der Waals surface area contributed by atoms with Gasteiger partial charge in [0.05, 0.1) is 5.69 Å². The fourth-order valence-corrected chi connectivity index (χ4v) is 2.09. The Morgan fingerprint density at radius 1 is 1.59 bits per heavy atom. The minimum absolute atomic E-state index is 0.515. The van der Waals surface area contributed by atoms with E-state index in [-0.39, 0.29) is 0 Å². The molecule has 0 N–H and O–H groups in total. The van der Waals surface area contributed by atoms with E-state index in [1.54, 1.807) is 4.68 Å². The molecule has 0 saturated carbocycles. The highest BCUT2D eigenvalue weighted by atomic mass is 79.9. The lowest BCUT2D eigenvalue weighted by molar-refractivity contribution is 0.774. The normalized spacial score (nSPS) is 12.4. The SMILES string of the molecule is CC(=Cc1cc2c(C)nn(C)c2nc1Cl)CBr. The van der Waals surface area contributed by atoms with Crippen LogP contribution in [-0.4, -0.2) is 20.1 Å². The van der Waals surface area contributed by atoms with Crippen LogP contribution in [0.2, 0.25) is 5.15 Å². The van der Waals surface area contributed by atoms with Crippen molar-refractivity contribution in [2.24, 2.45) is 7.05 Å². The van der Waals surface area contributed by atoms with Gasteiger partial charge < -0.3 is 0 Å². The second-order valence-electron chi connectivity index (χ2n) is 4.07. The summed E-state index contributed by atoms with van der Waals surface area (Å²) in [4.78, 5) is 4.39. The van der Waals surface area contributed by atoms with Gasteiger partial charge in [0.15, 0.2) is 5.65 Å². The predicted octanol–water partition coefficient (Wildman–Crippen LogP) is 3.73. The highest BCUT2D eigenvalue weighted by Crippen LogP contribution is 2.24. The predicted molar refractivity (Wildman–Crippen MR) is 75.7 cm³/mol. The maximum atomic E-state index is 6.17. The fraction of sp³-hybridized carbons (Fsp3) is 0.333. The van der Waals surface area contributed by atoms with Crippen molar-refractivity contribution in [1.29, 1.82) is 0 Å². The minimum atomic E-state index is 0.515. The summed E-state index contributed by atoms with van der Waals surface area (Å²) in [6.07, 6.45) is 2.04. The van der Waals surface area contributed by atoms with Crippen molar-refractivity contribution in [1.82, 2.24) is 14.8 Å². The summed E-state index contributed by atoms with van der Waals surface area (Å²) >= 11 is 9.59. The molecule has 0 amide bonds. The molecule has 0 radical (unpaired) electrons. The van der Waals surface area contributed by atoms with E-state index in [1.807, 2.05) is 33.0 Å². The first-order valence-electron chi connectivity index (χ1n) is 5.26. The van der Waals surface area contributed by atoms with Crippen LogP contribution in [0, 0.1) is 6.92 Å². The number of allylic oxidation sites excluding steroid dienone is 1. The van der Waals surface area contributed by atoms with Gasteiger partial charge in [0.2, 0.25) is 0 Å². The molecule has 2 aromatic heterocycles. The number of alkyl halides is 1. The Hall–Kier alpha value is -0.870. The maximum absolute atomic E-state index is 6.17. The van der Waals surface area contributed by atoms with Crippen LogP contribution < -0.4 is 0 Å². The zero-order valence-electron chi connectivity index (χ0n) is 9.96. The fourth-order valence-electron chi connectivity index (χ4n) is 1.74. The van der Waals surface area contributed by atoms with Gasteiger partial charge in [0, 0.05) is 23.3 Å². The van der Waals surface area contributed by atoms with Gasteiger partial charge >= 0.3 is 0 Å². The van der Waals surface area contributed by atoms with Crippen molar-refractivity contribution in [2.45, 2.75) is 13.8 Å². The van der Waals surface area contributed by atoms with E-state index in [1.165, 1.54) is 5.57 Å². The van der Waals surface area contributed by atoms with Crippen LogP contribution in [0.5, 0.6) is 0 Å². The molecule has 0 aliphatic heterocycles. The van der Waals surface area contributed by atoms with E-state index in [9.17, 15) is 0 Å². The number of aromatic nitrogens is 3. The van der Waals surface area contributed by atoms with Crippen LogP contribution in [0.15, 0.2) is 11.6 Å². The Morgan fingerprint density at radius 2 is 2.29 bits per heavy atom. The van der Waals surface area contributed by atoms with Crippen LogP contribution in [0.4, 0.5) is 0 Å². The number of fused-ring (bicyclic) bond motifs is 1. The maximum Gasteiger partial charge on any atom is 0.159 e. The Morgan fingerprint density at radius 3 is 2.94 bits per heavy atom. The standard InChI is InChI=1S/C12H13BrClN3/c1-7(6-13)4-9-5-10-8(2)16-17(3)12(10)15-11(9)14/h4-5H,6H2,1-3H3. The van der Waals surface area contributed by atoms with E-state index >= 15 is 0 Å². The van der Waals surface area contributed by atoms with Gasteiger partial charge in [-0.15, -0.1) is 0 Å². The quantitative estimate of drug-likeness (QED) is 0.624. The third-order valence-corrected chi connectivity index (χ3v) is 3.78. The first kappa shape index (κ1) is 12.6. The van der Waals surface area contributed by atoms with E-state index in [0.717, 1.165) is 27.6 Å². The van der Waals surface area contributed by atoms with Gasteiger partial charge in [-0.25, -0.2) is 4.98 Å². The van der Waals surface area contributed by atoms with Gasteiger partial charge in [-0.2, -0.15) is 5.10 Å². The second-order valence-corrected chi connectivity index (χ2v) is 4.99. The average molecular weight is 315 g/mol. The Kier molecular flexibility index (Phi) is 3.54. The van der Waals surface area contributed by atoms with E-state index < -0.39 is 0 Å². The molecule has 90 valence electrons. The van der Waals surface area contributed by atoms with Crippen LogP contribution in [-0.2, 0) is 7.05 Å². The molecule has 17 heavy (non-hydrogen) atoms. The van der Waals surface area contributed by atoms with Gasteiger partial charge in [0.25, 0.3) is 0 Å². The Balaban J connectivity index is 2.67. The number of hydrogen-bond acceptors (Lipinski definition) is 2. The largest absolute Gasteiger partial charge is 0.250 e. The number of aryl methyl sites for hydroxylation is 2. The van der Waals surface area contributed by atoms with Crippen molar-refractivity contribution in [3.63, 3.8) is 0 Å². The van der Waals surface area contributed by atoms with E-state index in [2.05, 4.69) is 26.0 Å². The molecule has 5 heteroatoms. The third kappa shape index (κ3) is 2.38. The van der Waals surface area contributed by atoms with Crippen LogP contribution in [0.3, 0.4) is 0 Å². The molecule has 0 aliphatic carbocycles. The number of pyridine rings is 1. The summed E-state index contributed by atoms with van der Waals surface area (Å²) in [5.41, 5.74) is 3.93. The van der Waals surface area contributed by atoms with Crippen LogP contribution in [0.25, 0.3) is 17.1 Å². The lowest BCUT2D eigenvalue weighted by atomic mass is 10.1. The summed E-state index contributed by atoms with van der Waals surface area (Å²) < 4.78 is 1.75. The molecule has 2 rings (SSSR count). The molecule has 2 heterocycles. The molecule has 0 saturated heterocycles. The number of rotatable bonds is 2. The Bertz CT molecular complexity index is 601. The lowest BCUT2D eigenvalue weighted by Crippen LogP contribution is -1.93. The zero-order chi connectivity index (χ0) is 12.6. The summed E-state index contributed by atoms with van der Waals surface area (Å²) in [6.45, 7) is 4.02. The zero-order valence-corrected chi connectivity index (χ0v) is 12.3. The Labute approximate surface area is 114 Å². The van der Waals surface area contributed by atoms with Gasteiger partial charge in [-0.05, 0) is 19.9 Å². The molecule has 0 unspecified atom stereocenters. The van der Waals surface area contributed by atoms with Crippen LogP contribution in [0.1, 0.15) is 18.2 Å². The summed E-state index contributed by atoms with van der Waals surface area (Å²) in [6, 6.07) is 2.04. The van der Waals surface area contributed by atoms with Gasteiger partial charge in [0.1, 0.15) is 5.15 Å². The molecule has 0 aromatic carbocycles. The third-order valence-electron chi connectivity index (χ3n) is 2.59. The first-order valence-corrected chi connectivity index (χ1v) is 6.76. The molecule has 0 spiro atoms. The highest BCUT2D eigenvalue weighted by Gasteiger charge is 2.10. The molecule has 0 aliphatic rings. The highest BCUT2D eigenvalue weighted by molar-refractivity contribution is 9.09. The van der Waals surface area contributed by atoms with Crippen molar-refractivity contribution in [3.05, 3.63) is 28.0 Å². The van der Waals surface area contributed by atoms with E-state index in [0.29, 0.717) is 5.15 Å². The van der Waals surface area contributed by atoms with Gasteiger partial charge in [-0.1, -0.05) is 39.2 Å². The topological polar surface area (TPSA) is 30.7 Å². The molecule has 3 nitrogen and oxygen atoms in total. The number of nitrogens with zero attached hydrogens (tertiary/aromatic N) is 3. The average Bonchev–Trinajstić information content (AvgIpc) is 2.55. The molecule has 2 aromatic rings. The van der Waals surface area contributed by atoms with Crippen molar-refractivity contribution < 1.29 is 0 Å². The minimum Gasteiger partial charge on any atom is -0.250 e. The van der Waals surface area contributed by atoms with Crippen LogP contribution >= 0.6 is 27.5 Å².